The molecule has 5 heteroatoms. The molecule has 8 heavy (non-hydrogen) atoms. The predicted molar refractivity (Wildman–Crippen MR) is 34.7 cm³/mol. The predicted octanol–water partition coefficient (Wildman–Crippen LogP) is 1.26. The van der Waals surface area contributed by atoms with Crippen LogP contribution < -0.4 is 0 Å². The summed E-state index contributed by atoms with van der Waals surface area (Å²) in [5, 5.41) is 7.13. The van der Waals surface area contributed by atoms with Crippen LogP contribution in [0.3, 0.4) is 0 Å². The highest BCUT2D eigenvalue weighted by Gasteiger charge is 1.97. The Morgan fingerprint density at radius 1 is 1.62 bits per heavy atom. The summed E-state index contributed by atoms with van der Waals surface area (Å²) in [6.07, 6.45) is 0. The first-order valence-corrected chi connectivity index (χ1v) is 3.34. The molecule has 0 saturated heterocycles. The first-order valence-electron chi connectivity index (χ1n) is 1.91. The number of aromatic nitrogens is 2. The summed E-state index contributed by atoms with van der Waals surface area (Å²) in [5.41, 5.74) is 0. The van der Waals surface area contributed by atoms with Crippen LogP contribution >= 0.6 is 28.6 Å². The lowest BCUT2D eigenvalue weighted by atomic mass is 10.8. The van der Waals surface area contributed by atoms with Crippen molar-refractivity contribution >= 4 is 28.6 Å². The molecule has 0 aliphatic heterocycles. The van der Waals surface area contributed by atoms with Crippen LogP contribution in [-0.2, 0) is 5.75 Å². The van der Waals surface area contributed by atoms with Gasteiger partial charge in [0, 0.05) is 15.9 Å². The molecule has 0 atom stereocenters. The van der Waals surface area contributed by atoms with Gasteiger partial charge in [-0.2, -0.15) is 12.6 Å². The van der Waals surface area contributed by atoms with E-state index in [4.69, 9.17) is 4.42 Å². The molecule has 0 aliphatic carbocycles. The minimum atomic E-state index is 0.404. The maximum absolute atomic E-state index is 4.85. The molecule has 0 spiro atoms. The van der Waals surface area contributed by atoms with Gasteiger partial charge < -0.3 is 4.42 Å². The van der Waals surface area contributed by atoms with Gasteiger partial charge in [0.1, 0.15) is 0 Å². The Labute approximate surface area is 60.0 Å². The lowest BCUT2D eigenvalue weighted by Crippen LogP contribution is -1.73. The van der Waals surface area contributed by atoms with Crippen LogP contribution in [-0.4, -0.2) is 10.2 Å². The summed E-state index contributed by atoms with van der Waals surface area (Å²) in [6.45, 7) is 0. The number of hydrogen-bond acceptors (Lipinski definition) is 4. The van der Waals surface area contributed by atoms with Crippen molar-refractivity contribution in [1.29, 1.82) is 0 Å². The van der Waals surface area contributed by atoms with Crippen molar-refractivity contribution in [3.05, 3.63) is 10.7 Å². The Kier molecular flexibility index (Phi) is 1.90. The van der Waals surface area contributed by atoms with Gasteiger partial charge in [-0.1, -0.05) is 0 Å². The van der Waals surface area contributed by atoms with Crippen molar-refractivity contribution in [2.75, 3.05) is 0 Å². The van der Waals surface area contributed by atoms with E-state index in [9.17, 15) is 0 Å². The van der Waals surface area contributed by atoms with Crippen LogP contribution in [0.5, 0.6) is 0 Å². The molecular weight excluding hydrogens is 192 g/mol. The fourth-order valence-corrected chi connectivity index (χ4v) is 0.691. The van der Waals surface area contributed by atoms with Crippen molar-refractivity contribution in [2.24, 2.45) is 0 Å². The van der Waals surface area contributed by atoms with E-state index in [1.54, 1.807) is 0 Å². The molecule has 0 unspecified atom stereocenters. The second-order valence-electron chi connectivity index (χ2n) is 1.11. The molecule has 0 aliphatic rings. The standard InChI is InChI=1S/C3H3BrN2OS/c4-3-6-5-2(1-8)7-3/h8H,1H2. The van der Waals surface area contributed by atoms with E-state index in [0.717, 1.165) is 0 Å². The molecular formula is C3H3BrN2OS. The number of halogens is 1. The van der Waals surface area contributed by atoms with E-state index < -0.39 is 0 Å². The van der Waals surface area contributed by atoms with E-state index in [1.165, 1.54) is 0 Å². The van der Waals surface area contributed by atoms with Crippen LogP contribution in [0, 0.1) is 0 Å². The average molecular weight is 195 g/mol. The molecule has 0 saturated carbocycles. The third kappa shape index (κ3) is 1.23. The Hall–Kier alpha value is -0.0300. The second-order valence-corrected chi connectivity index (χ2v) is 2.10. The summed E-state index contributed by atoms with van der Waals surface area (Å²) >= 11 is 6.91. The Morgan fingerprint density at radius 2 is 2.38 bits per heavy atom. The van der Waals surface area contributed by atoms with Gasteiger partial charge in [-0.15, -0.1) is 10.2 Å². The highest BCUT2D eigenvalue weighted by atomic mass is 79.9. The van der Waals surface area contributed by atoms with Crippen molar-refractivity contribution < 1.29 is 4.42 Å². The van der Waals surface area contributed by atoms with E-state index in [0.29, 0.717) is 16.4 Å². The van der Waals surface area contributed by atoms with Crippen molar-refractivity contribution in [3.63, 3.8) is 0 Å². The molecule has 0 aromatic carbocycles. The molecule has 3 nitrogen and oxygen atoms in total. The maximum Gasteiger partial charge on any atom is 0.284 e. The van der Waals surface area contributed by atoms with Crippen LogP contribution in [0.15, 0.2) is 9.22 Å². The quantitative estimate of drug-likeness (QED) is 0.685. The minimum Gasteiger partial charge on any atom is -0.415 e. The van der Waals surface area contributed by atoms with Gasteiger partial charge in [0.25, 0.3) is 4.80 Å². The van der Waals surface area contributed by atoms with Gasteiger partial charge in [0.2, 0.25) is 5.89 Å². The zero-order chi connectivity index (χ0) is 5.98. The molecule has 0 fully saturated rings. The second kappa shape index (κ2) is 2.50. The summed E-state index contributed by atoms with van der Waals surface area (Å²) in [7, 11) is 0. The average Bonchev–Trinajstić information content (AvgIpc) is 2.14. The minimum absolute atomic E-state index is 0.404. The topological polar surface area (TPSA) is 38.9 Å². The van der Waals surface area contributed by atoms with Crippen LogP contribution in [0.1, 0.15) is 5.89 Å². The fraction of sp³-hybridized carbons (Fsp3) is 0.333. The molecule has 1 heterocycles. The monoisotopic (exact) mass is 194 g/mol. The van der Waals surface area contributed by atoms with Crippen LogP contribution in [0.25, 0.3) is 0 Å². The SMILES string of the molecule is SCc1nnc(Br)o1. The molecule has 44 valence electrons. The Bertz CT molecular complexity index is 178. The van der Waals surface area contributed by atoms with Crippen LogP contribution in [0.4, 0.5) is 0 Å². The van der Waals surface area contributed by atoms with Gasteiger partial charge >= 0.3 is 0 Å². The fourth-order valence-electron chi connectivity index (χ4n) is 0.297. The number of hydrogen-bond donors (Lipinski definition) is 1. The first-order chi connectivity index (χ1) is 3.83. The van der Waals surface area contributed by atoms with Crippen molar-refractivity contribution in [3.8, 4) is 0 Å². The number of thiol groups is 1. The summed E-state index contributed by atoms with van der Waals surface area (Å²) < 4.78 is 4.85. The van der Waals surface area contributed by atoms with E-state index in [1.807, 2.05) is 0 Å². The molecule has 1 aromatic heterocycles. The zero-order valence-corrected chi connectivity index (χ0v) is 6.32. The normalized spacial score (nSPS) is 9.75. The van der Waals surface area contributed by atoms with E-state index in [2.05, 4.69) is 38.8 Å². The lowest BCUT2D eigenvalue weighted by Gasteiger charge is -1.76. The summed E-state index contributed by atoms with van der Waals surface area (Å²) in [4.78, 5) is 0.404. The molecule has 0 bridgehead atoms. The van der Waals surface area contributed by atoms with Crippen LogP contribution in [0.2, 0.25) is 0 Å². The van der Waals surface area contributed by atoms with Gasteiger partial charge in [-0.3, -0.25) is 0 Å². The first kappa shape index (κ1) is 6.10. The molecule has 1 aromatic rings. The van der Waals surface area contributed by atoms with Gasteiger partial charge in [0.15, 0.2) is 0 Å². The largest absolute Gasteiger partial charge is 0.415 e. The van der Waals surface area contributed by atoms with E-state index >= 15 is 0 Å². The molecule has 0 radical (unpaired) electrons. The molecule has 1 rings (SSSR count). The van der Waals surface area contributed by atoms with Crippen molar-refractivity contribution in [1.82, 2.24) is 10.2 Å². The van der Waals surface area contributed by atoms with Gasteiger partial charge in [-0.25, -0.2) is 0 Å². The molecule has 0 amide bonds. The molecule has 0 N–H and O–H groups in total. The zero-order valence-electron chi connectivity index (χ0n) is 3.83. The third-order valence-corrected chi connectivity index (χ3v) is 1.17. The van der Waals surface area contributed by atoms with Crippen molar-refractivity contribution in [2.45, 2.75) is 5.75 Å². The smallest absolute Gasteiger partial charge is 0.284 e. The Balaban J connectivity index is 2.84. The summed E-state index contributed by atoms with van der Waals surface area (Å²) in [5.74, 6) is 1.01. The number of nitrogens with zero attached hydrogens (tertiary/aromatic N) is 2. The highest BCUT2D eigenvalue weighted by molar-refractivity contribution is 9.10. The van der Waals surface area contributed by atoms with E-state index in [-0.39, 0.29) is 0 Å². The van der Waals surface area contributed by atoms with Gasteiger partial charge in [-0.05, 0) is 0 Å². The van der Waals surface area contributed by atoms with Gasteiger partial charge in [0.05, 0.1) is 5.75 Å². The third-order valence-electron chi connectivity index (χ3n) is 0.577. The Morgan fingerprint density at radius 3 is 2.62 bits per heavy atom. The number of rotatable bonds is 1. The lowest BCUT2D eigenvalue weighted by molar-refractivity contribution is 0.491. The maximum atomic E-state index is 4.85. The summed E-state index contributed by atoms with van der Waals surface area (Å²) in [6, 6.07) is 0. The highest BCUT2D eigenvalue weighted by Crippen LogP contribution is 2.07.